The van der Waals surface area contributed by atoms with E-state index in [2.05, 4.69) is 10.6 Å². The minimum absolute atomic E-state index is 0.0185. The number of hydrogen-bond donors (Lipinski definition) is 2. The molecule has 86 valence electrons. The molecule has 0 aromatic carbocycles. The average molecular weight is 214 g/mol. The highest BCUT2D eigenvalue weighted by atomic mass is 16.2. The van der Waals surface area contributed by atoms with Crippen molar-refractivity contribution in [2.24, 2.45) is 0 Å². The molecule has 0 saturated heterocycles. The van der Waals surface area contributed by atoms with Gasteiger partial charge in [-0.2, -0.15) is 0 Å². The molecule has 5 nitrogen and oxygen atoms in total. The van der Waals surface area contributed by atoms with Gasteiger partial charge in [-0.1, -0.05) is 0 Å². The summed E-state index contributed by atoms with van der Waals surface area (Å²) in [6.07, 6.45) is 0. The maximum absolute atomic E-state index is 11.4. The molecule has 15 heavy (non-hydrogen) atoms. The molecule has 1 amide bonds. The summed E-state index contributed by atoms with van der Waals surface area (Å²) in [5, 5.41) is 5.27. The van der Waals surface area contributed by atoms with Gasteiger partial charge in [-0.05, 0) is 20.8 Å². The third kappa shape index (κ3) is 5.96. The van der Waals surface area contributed by atoms with Gasteiger partial charge in [0.2, 0.25) is 5.91 Å². The van der Waals surface area contributed by atoms with E-state index in [-0.39, 0.29) is 30.1 Å². The molecule has 0 saturated carbocycles. The highest BCUT2D eigenvalue weighted by Crippen LogP contribution is 1.87. The second-order valence-electron chi connectivity index (χ2n) is 3.60. The Morgan fingerprint density at radius 1 is 1.07 bits per heavy atom. The third-order valence-electron chi connectivity index (χ3n) is 2.10. The molecule has 0 heterocycles. The number of ketones is 2. The van der Waals surface area contributed by atoms with Crippen LogP contribution in [0.2, 0.25) is 0 Å². The van der Waals surface area contributed by atoms with Gasteiger partial charge in [-0.15, -0.1) is 0 Å². The molecule has 5 heteroatoms. The summed E-state index contributed by atoms with van der Waals surface area (Å²) in [7, 11) is 0. The number of Topliss-reactive ketones (excluding diaryl/α,β-unsaturated/α-hetero) is 2. The van der Waals surface area contributed by atoms with E-state index in [9.17, 15) is 14.4 Å². The number of rotatable bonds is 6. The zero-order valence-electron chi connectivity index (χ0n) is 9.59. The molecule has 0 aliphatic rings. The number of carbonyl (C=O) groups excluding carboxylic acids is 3. The minimum atomic E-state index is -0.519. The molecule has 2 N–H and O–H groups in total. The van der Waals surface area contributed by atoms with Gasteiger partial charge in [0.25, 0.3) is 0 Å². The normalized spacial score (nSPS) is 14.1. The molecule has 0 fully saturated rings. The summed E-state index contributed by atoms with van der Waals surface area (Å²) in [4.78, 5) is 32.9. The molecular weight excluding hydrogens is 196 g/mol. The van der Waals surface area contributed by atoms with E-state index in [1.807, 2.05) is 0 Å². The Bertz CT molecular complexity index is 263. The summed E-state index contributed by atoms with van der Waals surface area (Å²) in [6, 6.07) is -0.854. The lowest BCUT2D eigenvalue weighted by Crippen LogP contribution is -2.44. The van der Waals surface area contributed by atoms with Crippen molar-refractivity contribution < 1.29 is 14.4 Å². The molecule has 0 aromatic rings. The Morgan fingerprint density at radius 3 is 2.00 bits per heavy atom. The summed E-state index contributed by atoms with van der Waals surface area (Å²) >= 11 is 0. The van der Waals surface area contributed by atoms with Crippen molar-refractivity contribution in [2.45, 2.75) is 39.8 Å². The fourth-order valence-corrected chi connectivity index (χ4v) is 0.936. The standard InChI is InChI=1S/C10H18N2O3/c1-6(8(3)13)11-5-10(15)7(2)12-9(4)14/h6-7,11H,5H2,1-4H3,(H,12,14)/t6-,7-/m0/s1. The molecule has 0 aliphatic carbocycles. The lowest BCUT2D eigenvalue weighted by atomic mass is 10.2. The zero-order valence-corrected chi connectivity index (χ0v) is 9.59. The molecule has 0 bridgehead atoms. The van der Waals surface area contributed by atoms with Crippen LogP contribution in [0.3, 0.4) is 0 Å². The smallest absolute Gasteiger partial charge is 0.217 e. The number of amides is 1. The van der Waals surface area contributed by atoms with Gasteiger partial charge in [-0.25, -0.2) is 0 Å². The number of nitrogens with one attached hydrogen (secondary N) is 2. The van der Waals surface area contributed by atoms with E-state index >= 15 is 0 Å². The van der Waals surface area contributed by atoms with E-state index in [0.717, 1.165) is 0 Å². The van der Waals surface area contributed by atoms with Gasteiger partial charge in [0.1, 0.15) is 5.78 Å². The molecule has 2 atom stereocenters. The monoisotopic (exact) mass is 214 g/mol. The lowest BCUT2D eigenvalue weighted by Gasteiger charge is -2.14. The minimum Gasteiger partial charge on any atom is -0.347 e. The first kappa shape index (κ1) is 13.8. The highest BCUT2D eigenvalue weighted by molar-refractivity contribution is 5.90. The van der Waals surface area contributed by atoms with Gasteiger partial charge in [0, 0.05) is 6.92 Å². The van der Waals surface area contributed by atoms with Crippen LogP contribution in [0.5, 0.6) is 0 Å². The van der Waals surface area contributed by atoms with E-state index in [0.29, 0.717) is 0 Å². The van der Waals surface area contributed by atoms with Crippen LogP contribution in [-0.2, 0) is 14.4 Å². The van der Waals surface area contributed by atoms with E-state index in [4.69, 9.17) is 0 Å². The van der Waals surface area contributed by atoms with Gasteiger partial charge in [0.05, 0.1) is 18.6 Å². The van der Waals surface area contributed by atoms with Crippen LogP contribution in [0, 0.1) is 0 Å². The SMILES string of the molecule is CC(=O)N[C@@H](C)C(=O)CN[C@@H](C)C(C)=O. The Kier molecular flexibility index (Phi) is 5.77. The third-order valence-corrected chi connectivity index (χ3v) is 2.10. The Balaban J connectivity index is 3.93. The van der Waals surface area contributed by atoms with Gasteiger partial charge in [-0.3, -0.25) is 14.4 Å². The second kappa shape index (κ2) is 6.29. The van der Waals surface area contributed by atoms with Crippen molar-refractivity contribution in [1.29, 1.82) is 0 Å². The van der Waals surface area contributed by atoms with Gasteiger partial charge < -0.3 is 10.6 Å². The summed E-state index contributed by atoms with van der Waals surface area (Å²) in [5.41, 5.74) is 0. The first-order valence-corrected chi connectivity index (χ1v) is 4.88. The maximum Gasteiger partial charge on any atom is 0.217 e. The van der Waals surface area contributed by atoms with E-state index in [1.165, 1.54) is 13.8 Å². The molecule has 0 aromatic heterocycles. The van der Waals surface area contributed by atoms with Gasteiger partial charge in [0.15, 0.2) is 5.78 Å². The first-order valence-electron chi connectivity index (χ1n) is 4.88. The van der Waals surface area contributed by atoms with Crippen molar-refractivity contribution in [3.05, 3.63) is 0 Å². The van der Waals surface area contributed by atoms with Crippen molar-refractivity contribution in [1.82, 2.24) is 10.6 Å². The Labute approximate surface area is 89.6 Å². The average Bonchev–Trinajstić information content (AvgIpc) is 2.12. The lowest BCUT2D eigenvalue weighted by molar-refractivity contribution is -0.126. The first-order chi connectivity index (χ1) is 6.84. The second-order valence-corrected chi connectivity index (χ2v) is 3.60. The van der Waals surface area contributed by atoms with Crippen molar-refractivity contribution >= 4 is 17.5 Å². The van der Waals surface area contributed by atoms with Crippen LogP contribution in [0.4, 0.5) is 0 Å². The van der Waals surface area contributed by atoms with E-state index in [1.54, 1.807) is 13.8 Å². The summed E-state index contributed by atoms with van der Waals surface area (Å²) in [5.74, 6) is -0.399. The van der Waals surface area contributed by atoms with Crippen LogP contribution < -0.4 is 10.6 Å². The topological polar surface area (TPSA) is 75.3 Å². The quantitative estimate of drug-likeness (QED) is 0.633. The van der Waals surface area contributed by atoms with Crippen LogP contribution in [0.25, 0.3) is 0 Å². The molecule has 0 aliphatic heterocycles. The van der Waals surface area contributed by atoms with Crippen molar-refractivity contribution in [2.75, 3.05) is 6.54 Å². The molecule has 0 radical (unpaired) electrons. The zero-order chi connectivity index (χ0) is 12.0. The highest BCUT2D eigenvalue weighted by Gasteiger charge is 2.15. The van der Waals surface area contributed by atoms with Crippen LogP contribution in [0.15, 0.2) is 0 Å². The van der Waals surface area contributed by atoms with E-state index < -0.39 is 6.04 Å². The van der Waals surface area contributed by atoms with Crippen LogP contribution in [0.1, 0.15) is 27.7 Å². The predicted molar refractivity (Wildman–Crippen MR) is 56.4 cm³/mol. The predicted octanol–water partition coefficient (Wildman–Crippen LogP) is -0.353. The molecular formula is C10H18N2O3. The molecule has 0 unspecified atom stereocenters. The molecule has 0 spiro atoms. The fourth-order valence-electron chi connectivity index (χ4n) is 0.936. The number of carbonyl (C=O) groups is 3. The van der Waals surface area contributed by atoms with Crippen LogP contribution in [-0.4, -0.2) is 36.1 Å². The largest absolute Gasteiger partial charge is 0.347 e. The van der Waals surface area contributed by atoms with Crippen LogP contribution >= 0.6 is 0 Å². The van der Waals surface area contributed by atoms with Gasteiger partial charge >= 0.3 is 0 Å². The number of hydrogen-bond acceptors (Lipinski definition) is 4. The maximum atomic E-state index is 11.4. The summed E-state index contributed by atoms with van der Waals surface area (Å²) < 4.78 is 0. The Hall–Kier alpha value is -1.23. The van der Waals surface area contributed by atoms with Crippen molar-refractivity contribution in [3.63, 3.8) is 0 Å². The summed E-state index contributed by atoms with van der Waals surface area (Å²) in [6.45, 7) is 6.21. The Morgan fingerprint density at radius 2 is 1.60 bits per heavy atom. The molecule has 0 rings (SSSR count). The fraction of sp³-hybridized carbons (Fsp3) is 0.700. The van der Waals surface area contributed by atoms with Crippen molar-refractivity contribution in [3.8, 4) is 0 Å².